The van der Waals surface area contributed by atoms with Crippen molar-refractivity contribution in [2.24, 2.45) is 5.92 Å². The zero-order valence-corrected chi connectivity index (χ0v) is 25.4. The van der Waals surface area contributed by atoms with Crippen molar-refractivity contribution >= 4 is 33.9 Å². The second kappa shape index (κ2) is 12.6. The molecule has 1 unspecified atom stereocenters. The van der Waals surface area contributed by atoms with Crippen molar-refractivity contribution in [2.75, 3.05) is 24.5 Å². The minimum absolute atomic E-state index is 0.116. The highest BCUT2D eigenvalue weighted by atomic mass is 15.1. The van der Waals surface area contributed by atoms with Gasteiger partial charge in [0.15, 0.2) is 5.71 Å². The van der Waals surface area contributed by atoms with Crippen LogP contribution >= 0.6 is 0 Å². The third kappa shape index (κ3) is 5.55. The maximum Gasteiger partial charge on any atom is 0.210 e. The van der Waals surface area contributed by atoms with E-state index in [0.717, 1.165) is 32.0 Å². The van der Waals surface area contributed by atoms with E-state index in [9.17, 15) is 0 Å². The molecular formula is C38H49N2+. The summed E-state index contributed by atoms with van der Waals surface area (Å²) in [5.74, 6) is 0.964. The topological polar surface area (TPSA) is 6.25 Å². The highest BCUT2D eigenvalue weighted by molar-refractivity contribution is 6.09. The molecule has 210 valence electrons. The third-order valence-corrected chi connectivity index (χ3v) is 9.68. The molecule has 1 fully saturated rings. The standard InChI is InChI=1S/C38H49N2/c1-6-26-38(5)36(25-22-31-20-23-33(28-29(31)4)39(7-2)8-3)40(27-14-13-17-30-15-9-10-16-30)35-24-21-32-18-11-12-19-34(32)37(35)38/h6,11-12,18-25,28,30H,1,7-10,13-17,26-27H2,2-5H3/q+1. The molecule has 3 aromatic rings. The molecule has 2 aliphatic rings. The summed E-state index contributed by atoms with van der Waals surface area (Å²) in [6, 6.07) is 20.5. The van der Waals surface area contributed by atoms with E-state index in [2.05, 4.69) is 117 Å². The SMILES string of the molecule is C=CCC1(C)C(C=Cc2ccc(N(CC)CC)cc2C)=[N+](CCCCC2CCCC2)c2ccc3ccccc3c21. The Morgan fingerprint density at radius 2 is 1.75 bits per heavy atom. The lowest BCUT2D eigenvalue weighted by Gasteiger charge is -2.22. The Labute approximate surface area is 243 Å². The van der Waals surface area contributed by atoms with Gasteiger partial charge in [-0.2, -0.15) is 4.58 Å². The van der Waals surface area contributed by atoms with Crippen molar-refractivity contribution < 1.29 is 4.58 Å². The van der Waals surface area contributed by atoms with E-state index in [1.807, 2.05) is 0 Å². The van der Waals surface area contributed by atoms with Crippen LogP contribution in [-0.2, 0) is 5.41 Å². The quantitative estimate of drug-likeness (QED) is 0.127. The van der Waals surface area contributed by atoms with Crippen LogP contribution in [-0.4, -0.2) is 29.9 Å². The van der Waals surface area contributed by atoms with Gasteiger partial charge in [-0.25, -0.2) is 0 Å². The maximum absolute atomic E-state index is 4.22. The summed E-state index contributed by atoms with van der Waals surface area (Å²) in [6.07, 6.45) is 17.6. The lowest BCUT2D eigenvalue weighted by atomic mass is 9.74. The molecule has 2 nitrogen and oxygen atoms in total. The van der Waals surface area contributed by atoms with Crippen molar-refractivity contribution in [3.63, 3.8) is 0 Å². The van der Waals surface area contributed by atoms with E-state index in [4.69, 9.17) is 0 Å². The van der Waals surface area contributed by atoms with Crippen molar-refractivity contribution in [2.45, 2.75) is 84.5 Å². The Morgan fingerprint density at radius 3 is 2.48 bits per heavy atom. The van der Waals surface area contributed by atoms with Gasteiger partial charge >= 0.3 is 0 Å². The van der Waals surface area contributed by atoms with Gasteiger partial charge in [0, 0.05) is 42.9 Å². The maximum atomic E-state index is 4.22. The summed E-state index contributed by atoms with van der Waals surface area (Å²) < 4.78 is 2.65. The highest BCUT2D eigenvalue weighted by Crippen LogP contribution is 2.47. The first-order chi connectivity index (χ1) is 19.5. The van der Waals surface area contributed by atoms with E-state index in [1.165, 1.54) is 89.5 Å². The molecule has 0 radical (unpaired) electrons. The van der Waals surface area contributed by atoms with Gasteiger partial charge in [-0.3, -0.25) is 0 Å². The summed E-state index contributed by atoms with van der Waals surface area (Å²) >= 11 is 0. The van der Waals surface area contributed by atoms with Crippen LogP contribution in [0.4, 0.5) is 11.4 Å². The molecule has 1 saturated carbocycles. The molecular weight excluding hydrogens is 484 g/mol. The second-order valence-electron chi connectivity index (χ2n) is 12.2. The van der Waals surface area contributed by atoms with Crippen molar-refractivity contribution in [1.82, 2.24) is 0 Å². The average Bonchev–Trinajstić information content (AvgIpc) is 3.56. The lowest BCUT2D eigenvalue weighted by Crippen LogP contribution is -2.31. The largest absolute Gasteiger partial charge is 0.372 e. The van der Waals surface area contributed by atoms with Crippen LogP contribution in [0.25, 0.3) is 16.8 Å². The number of unbranched alkanes of at least 4 members (excludes halogenated alkanes) is 1. The monoisotopic (exact) mass is 533 g/mol. The average molecular weight is 534 g/mol. The fourth-order valence-corrected chi connectivity index (χ4v) is 7.43. The van der Waals surface area contributed by atoms with Crippen LogP contribution in [0.15, 0.2) is 73.3 Å². The smallest absolute Gasteiger partial charge is 0.210 e. The molecule has 0 spiro atoms. The molecule has 0 amide bonds. The molecule has 0 bridgehead atoms. The highest BCUT2D eigenvalue weighted by Gasteiger charge is 2.47. The number of nitrogens with zero attached hydrogens (tertiary/aromatic N) is 2. The van der Waals surface area contributed by atoms with Crippen LogP contribution in [0.5, 0.6) is 0 Å². The van der Waals surface area contributed by atoms with E-state index < -0.39 is 0 Å². The normalized spacial score (nSPS) is 19.2. The molecule has 2 heteroatoms. The first-order valence-electron chi connectivity index (χ1n) is 15.8. The van der Waals surface area contributed by atoms with Gasteiger partial charge in [0.05, 0.1) is 5.41 Å². The Bertz CT molecular complexity index is 1400. The molecule has 0 aromatic heterocycles. The number of fused-ring (bicyclic) bond motifs is 3. The van der Waals surface area contributed by atoms with Gasteiger partial charge in [-0.05, 0) is 92.6 Å². The zero-order chi connectivity index (χ0) is 28.1. The summed E-state index contributed by atoms with van der Waals surface area (Å²) in [7, 11) is 0. The second-order valence-corrected chi connectivity index (χ2v) is 12.2. The predicted molar refractivity (Wildman–Crippen MR) is 175 cm³/mol. The van der Waals surface area contributed by atoms with Gasteiger partial charge in [-0.15, -0.1) is 6.58 Å². The number of aryl methyl sites for hydroxylation is 1. The van der Waals surface area contributed by atoms with Gasteiger partial charge in [0.1, 0.15) is 6.54 Å². The molecule has 0 N–H and O–H groups in total. The number of hydrogen-bond acceptors (Lipinski definition) is 1. The van der Waals surface area contributed by atoms with E-state index in [1.54, 1.807) is 0 Å². The van der Waals surface area contributed by atoms with Crippen molar-refractivity contribution in [3.8, 4) is 0 Å². The Balaban J connectivity index is 1.53. The number of rotatable bonds is 12. The minimum atomic E-state index is -0.116. The van der Waals surface area contributed by atoms with Crippen LogP contribution in [0.3, 0.4) is 0 Å². The molecule has 1 aliphatic carbocycles. The Morgan fingerprint density at radius 1 is 0.975 bits per heavy atom. The minimum Gasteiger partial charge on any atom is -0.372 e. The number of hydrogen-bond donors (Lipinski definition) is 0. The third-order valence-electron chi connectivity index (χ3n) is 9.68. The molecule has 40 heavy (non-hydrogen) atoms. The van der Waals surface area contributed by atoms with Crippen LogP contribution < -0.4 is 4.90 Å². The molecule has 5 rings (SSSR count). The van der Waals surface area contributed by atoms with Gasteiger partial charge in [0.2, 0.25) is 5.69 Å². The summed E-state index contributed by atoms with van der Waals surface area (Å²) in [4.78, 5) is 2.42. The van der Waals surface area contributed by atoms with Gasteiger partial charge in [-0.1, -0.05) is 68.5 Å². The predicted octanol–water partition coefficient (Wildman–Crippen LogP) is 10.0. The molecule has 1 atom stereocenters. The van der Waals surface area contributed by atoms with Crippen molar-refractivity contribution in [3.05, 3.63) is 90.0 Å². The van der Waals surface area contributed by atoms with Crippen molar-refractivity contribution in [1.29, 1.82) is 0 Å². The molecule has 1 heterocycles. The zero-order valence-electron chi connectivity index (χ0n) is 25.4. The van der Waals surface area contributed by atoms with Gasteiger partial charge in [0.25, 0.3) is 0 Å². The number of anilines is 1. The fourth-order valence-electron chi connectivity index (χ4n) is 7.43. The van der Waals surface area contributed by atoms with E-state index in [0.29, 0.717) is 0 Å². The van der Waals surface area contributed by atoms with Crippen LogP contribution in [0, 0.1) is 12.8 Å². The molecule has 0 saturated heterocycles. The summed E-state index contributed by atoms with van der Waals surface area (Å²) in [5, 5.41) is 2.70. The number of allylic oxidation sites excluding steroid dienone is 2. The fraction of sp³-hybridized carbons (Fsp3) is 0.447. The lowest BCUT2D eigenvalue weighted by molar-refractivity contribution is -0.438. The summed E-state index contributed by atoms with van der Waals surface area (Å²) in [5.41, 5.74) is 8.09. The number of benzene rings is 3. The molecule has 3 aromatic carbocycles. The van der Waals surface area contributed by atoms with E-state index in [-0.39, 0.29) is 5.41 Å². The first-order valence-corrected chi connectivity index (χ1v) is 15.8. The van der Waals surface area contributed by atoms with Gasteiger partial charge < -0.3 is 4.90 Å². The summed E-state index contributed by atoms with van der Waals surface area (Å²) in [6.45, 7) is 16.5. The van der Waals surface area contributed by atoms with E-state index >= 15 is 0 Å². The Hall–Kier alpha value is -3.13. The van der Waals surface area contributed by atoms with Crippen LogP contribution in [0.2, 0.25) is 0 Å². The van der Waals surface area contributed by atoms with Crippen LogP contribution in [0.1, 0.15) is 88.8 Å². The Kier molecular flexibility index (Phi) is 8.94. The molecule has 1 aliphatic heterocycles. The first kappa shape index (κ1) is 28.4.